The zero-order valence-electron chi connectivity index (χ0n) is 14.2. The van der Waals surface area contributed by atoms with Crippen LogP contribution in [0.5, 0.6) is 0 Å². The summed E-state index contributed by atoms with van der Waals surface area (Å²) in [6.45, 7) is 4.79. The van der Waals surface area contributed by atoms with E-state index in [1.165, 1.54) is 6.42 Å². The van der Waals surface area contributed by atoms with Crippen molar-refractivity contribution in [2.45, 2.75) is 26.2 Å². The van der Waals surface area contributed by atoms with Crippen LogP contribution in [0.3, 0.4) is 0 Å². The van der Waals surface area contributed by atoms with Crippen molar-refractivity contribution in [2.75, 3.05) is 26.7 Å². The Kier molecular flexibility index (Phi) is 8.00. The van der Waals surface area contributed by atoms with Gasteiger partial charge in [-0.2, -0.15) is 0 Å². The third-order valence-corrected chi connectivity index (χ3v) is 4.54. The summed E-state index contributed by atoms with van der Waals surface area (Å²) in [5.74, 6) is 0.800. The molecule has 1 aliphatic heterocycles. The van der Waals surface area contributed by atoms with Gasteiger partial charge in [0.2, 0.25) is 0 Å². The lowest BCUT2D eigenvalue weighted by Crippen LogP contribution is -2.39. The molecule has 3 heterocycles. The van der Waals surface area contributed by atoms with E-state index in [4.69, 9.17) is 0 Å². The normalized spacial score (nSPS) is 15.0. The fraction of sp³-hybridized carbons (Fsp3) is 0.529. The van der Waals surface area contributed by atoms with Gasteiger partial charge in [0.15, 0.2) is 0 Å². The second kappa shape index (κ2) is 9.25. The summed E-state index contributed by atoms with van der Waals surface area (Å²) in [5, 5.41) is 3.20. The number of carbonyl (C=O) groups is 1. The molecule has 1 saturated heterocycles. The number of hydrogen-bond acceptors (Lipinski definition) is 3. The lowest BCUT2D eigenvalue weighted by molar-refractivity contribution is 0.0682. The highest BCUT2D eigenvalue weighted by Crippen LogP contribution is 2.21. The fourth-order valence-corrected chi connectivity index (χ4v) is 3.12. The number of nitrogens with one attached hydrogen (secondary N) is 1. The summed E-state index contributed by atoms with van der Waals surface area (Å²) in [6, 6.07) is 4.02. The topological polar surface area (TPSA) is 49.6 Å². The Balaban J connectivity index is 0.00000144. The molecule has 2 aromatic heterocycles. The van der Waals surface area contributed by atoms with Crippen molar-refractivity contribution in [1.29, 1.82) is 0 Å². The number of nitrogens with zero attached hydrogens (tertiary/aromatic N) is 3. The van der Waals surface area contributed by atoms with E-state index in [2.05, 4.69) is 10.3 Å². The molecule has 0 saturated carbocycles. The van der Waals surface area contributed by atoms with Gasteiger partial charge in [0.05, 0.1) is 0 Å². The Hall–Kier alpha value is -1.30. The minimum Gasteiger partial charge on any atom is -0.337 e. The van der Waals surface area contributed by atoms with Gasteiger partial charge < -0.3 is 14.6 Å². The molecule has 1 N–H and O–H groups in total. The maximum Gasteiger partial charge on any atom is 0.274 e. The van der Waals surface area contributed by atoms with Crippen LogP contribution in [0.15, 0.2) is 24.5 Å². The molecule has 24 heavy (non-hydrogen) atoms. The molecule has 0 aromatic carbocycles. The monoisotopic (exact) mass is 372 g/mol. The molecule has 0 spiro atoms. The average molecular weight is 373 g/mol. The molecule has 0 radical (unpaired) electrons. The molecule has 0 atom stereocenters. The number of aryl methyl sites for hydroxylation is 1. The van der Waals surface area contributed by atoms with Crippen LogP contribution in [-0.2, 0) is 0 Å². The molecule has 5 nitrogen and oxygen atoms in total. The fourth-order valence-electron chi connectivity index (χ4n) is 3.12. The molecular weight excluding hydrogens is 347 g/mol. The van der Waals surface area contributed by atoms with Crippen LogP contribution in [0, 0.1) is 12.8 Å². The first-order chi connectivity index (χ1) is 10.7. The van der Waals surface area contributed by atoms with Crippen molar-refractivity contribution in [3.63, 3.8) is 0 Å². The van der Waals surface area contributed by atoms with E-state index in [0.29, 0.717) is 5.69 Å². The van der Waals surface area contributed by atoms with E-state index >= 15 is 0 Å². The predicted octanol–water partition coefficient (Wildman–Crippen LogP) is 2.95. The highest BCUT2D eigenvalue weighted by Gasteiger charge is 2.24. The second-order valence-corrected chi connectivity index (χ2v) is 6.22. The molecule has 7 heteroatoms. The molecule has 0 bridgehead atoms. The van der Waals surface area contributed by atoms with Crippen LogP contribution in [-0.4, -0.2) is 46.9 Å². The Labute approximate surface area is 155 Å². The summed E-state index contributed by atoms with van der Waals surface area (Å²) in [4.78, 5) is 19.0. The van der Waals surface area contributed by atoms with E-state index in [1.807, 2.05) is 47.8 Å². The van der Waals surface area contributed by atoms with Crippen molar-refractivity contribution in [2.24, 2.45) is 5.92 Å². The molecule has 1 aliphatic rings. The van der Waals surface area contributed by atoms with Crippen LogP contribution < -0.4 is 5.32 Å². The Morgan fingerprint density at radius 1 is 1.33 bits per heavy atom. The zero-order chi connectivity index (χ0) is 15.5. The van der Waals surface area contributed by atoms with Crippen molar-refractivity contribution in [1.82, 2.24) is 19.6 Å². The third-order valence-electron chi connectivity index (χ3n) is 4.54. The predicted molar refractivity (Wildman–Crippen MR) is 102 cm³/mol. The smallest absolute Gasteiger partial charge is 0.274 e. The molecule has 0 unspecified atom stereocenters. The number of aromatic nitrogens is 2. The standard InChI is InChI=1S/C17H24N4O.2ClH/c1-13-4-8-21-12-15(19-16(21)11-13)17(22)20-9-5-14(6-10-20)3-7-18-2;;/h4,8,11-12,14,18H,3,5-7,9-10H2,1-2H3;2*1H. The van der Waals surface area contributed by atoms with E-state index < -0.39 is 0 Å². The van der Waals surface area contributed by atoms with Crippen molar-refractivity contribution >= 4 is 36.4 Å². The van der Waals surface area contributed by atoms with Gasteiger partial charge >= 0.3 is 0 Å². The number of imidazole rings is 1. The van der Waals surface area contributed by atoms with Gasteiger partial charge in [0.25, 0.3) is 5.91 Å². The van der Waals surface area contributed by atoms with Crippen LogP contribution in [0.1, 0.15) is 35.3 Å². The van der Waals surface area contributed by atoms with Gasteiger partial charge in [-0.1, -0.05) is 0 Å². The minimum atomic E-state index is 0. The average Bonchev–Trinajstić information content (AvgIpc) is 2.95. The summed E-state index contributed by atoms with van der Waals surface area (Å²) < 4.78 is 1.92. The first-order valence-corrected chi connectivity index (χ1v) is 8.06. The minimum absolute atomic E-state index is 0. The maximum absolute atomic E-state index is 12.6. The maximum atomic E-state index is 12.6. The number of halogens is 2. The van der Waals surface area contributed by atoms with E-state index in [1.54, 1.807) is 0 Å². The summed E-state index contributed by atoms with van der Waals surface area (Å²) in [7, 11) is 1.99. The van der Waals surface area contributed by atoms with Crippen LogP contribution in [0.2, 0.25) is 0 Å². The molecular formula is C17H26Cl2N4O. The highest BCUT2D eigenvalue weighted by atomic mass is 35.5. The number of rotatable bonds is 4. The Morgan fingerprint density at radius 3 is 2.71 bits per heavy atom. The molecule has 3 rings (SSSR count). The first kappa shape index (κ1) is 20.7. The van der Waals surface area contributed by atoms with Crippen molar-refractivity contribution in [3.05, 3.63) is 35.8 Å². The van der Waals surface area contributed by atoms with Gasteiger partial charge in [0.1, 0.15) is 11.3 Å². The number of hydrogen-bond donors (Lipinski definition) is 1. The van der Waals surface area contributed by atoms with E-state index in [0.717, 1.165) is 49.6 Å². The molecule has 2 aromatic rings. The van der Waals surface area contributed by atoms with E-state index in [-0.39, 0.29) is 30.7 Å². The van der Waals surface area contributed by atoms with Crippen LogP contribution in [0.25, 0.3) is 5.65 Å². The lowest BCUT2D eigenvalue weighted by atomic mass is 9.93. The third kappa shape index (κ3) is 4.62. The highest BCUT2D eigenvalue weighted by molar-refractivity contribution is 5.93. The summed E-state index contributed by atoms with van der Waals surface area (Å²) >= 11 is 0. The SMILES string of the molecule is CNCCC1CCN(C(=O)c2cn3ccc(C)cc3n2)CC1.Cl.Cl. The molecule has 134 valence electrons. The Morgan fingerprint density at radius 2 is 2.04 bits per heavy atom. The number of amides is 1. The molecule has 0 aliphatic carbocycles. The number of fused-ring (bicyclic) bond motifs is 1. The number of piperidine rings is 1. The van der Waals surface area contributed by atoms with Gasteiger partial charge in [-0.25, -0.2) is 4.98 Å². The van der Waals surface area contributed by atoms with Gasteiger partial charge in [0, 0.05) is 25.5 Å². The zero-order valence-corrected chi connectivity index (χ0v) is 15.8. The largest absolute Gasteiger partial charge is 0.337 e. The second-order valence-electron chi connectivity index (χ2n) is 6.22. The summed E-state index contributed by atoms with van der Waals surface area (Å²) in [6.07, 6.45) is 7.19. The van der Waals surface area contributed by atoms with E-state index in [9.17, 15) is 4.79 Å². The van der Waals surface area contributed by atoms with Gasteiger partial charge in [-0.15, -0.1) is 24.8 Å². The van der Waals surface area contributed by atoms with Crippen molar-refractivity contribution in [3.8, 4) is 0 Å². The molecule has 1 amide bonds. The quantitative estimate of drug-likeness (QED) is 0.897. The summed E-state index contributed by atoms with van der Waals surface area (Å²) in [5.41, 5.74) is 2.55. The van der Waals surface area contributed by atoms with Crippen LogP contribution in [0.4, 0.5) is 0 Å². The van der Waals surface area contributed by atoms with Crippen LogP contribution >= 0.6 is 24.8 Å². The number of carbonyl (C=O) groups excluding carboxylic acids is 1. The lowest BCUT2D eigenvalue weighted by Gasteiger charge is -2.31. The first-order valence-electron chi connectivity index (χ1n) is 8.06. The van der Waals surface area contributed by atoms with Gasteiger partial charge in [-0.3, -0.25) is 4.79 Å². The van der Waals surface area contributed by atoms with Crippen molar-refractivity contribution < 1.29 is 4.79 Å². The van der Waals surface area contributed by atoms with Gasteiger partial charge in [-0.05, 0) is 63.4 Å². The molecule has 1 fully saturated rings. The number of pyridine rings is 1. The number of likely N-dealkylation sites (tertiary alicyclic amines) is 1. The Bertz CT molecular complexity index is 666.